The van der Waals surface area contributed by atoms with Gasteiger partial charge in [0.05, 0.1) is 34.2 Å². The zero-order valence-electron chi connectivity index (χ0n) is 32.7. The van der Waals surface area contributed by atoms with Crippen LogP contribution in [-0.2, 0) is 0 Å². The first-order valence-corrected chi connectivity index (χ1v) is 20.6. The molecular weight excluding hydrogens is 727 g/mol. The van der Waals surface area contributed by atoms with Gasteiger partial charge in [0.1, 0.15) is 0 Å². The summed E-state index contributed by atoms with van der Waals surface area (Å²) < 4.78 is 0. The summed E-state index contributed by atoms with van der Waals surface area (Å²) in [5.41, 5.74) is 14.2. The van der Waals surface area contributed by atoms with Gasteiger partial charge in [-0.15, -0.1) is 0 Å². The second kappa shape index (κ2) is 13.9. The van der Waals surface area contributed by atoms with Crippen LogP contribution in [0, 0.1) is 0 Å². The molecule has 11 aromatic rings. The summed E-state index contributed by atoms with van der Waals surface area (Å²) in [6.07, 6.45) is 4.50. The maximum absolute atomic E-state index is 5.33. The summed E-state index contributed by atoms with van der Waals surface area (Å²) in [6, 6.07) is 72.0. The van der Waals surface area contributed by atoms with E-state index in [0.717, 1.165) is 61.1 Å². The smallest absolute Gasteiger partial charge is 0.0953 e. The molecule has 12 rings (SSSR count). The highest BCUT2D eigenvalue weighted by molar-refractivity contribution is 6.13. The number of fused-ring (bicyclic) bond motifs is 7. The van der Waals surface area contributed by atoms with Crippen LogP contribution < -0.4 is 5.32 Å². The van der Waals surface area contributed by atoms with Crippen molar-refractivity contribution in [3.05, 3.63) is 217 Å². The molecule has 1 aliphatic heterocycles. The Kier molecular flexibility index (Phi) is 7.92. The maximum Gasteiger partial charge on any atom is 0.0953 e. The van der Waals surface area contributed by atoms with Crippen molar-refractivity contribution in [3.8, 4) is 44.8 Å². The van der Waals surface area contributed by atoms with Crippen molar-refractivity contribution in [2.75, 3.05) is 5.32 Å². The zero-order chi connectivity index (χ0) is 39.6. The highest BCUT2D eigenvalue weighted by atomic mass is 14.9. The highest BCUT2D eigenvalue weighted by Crippen LogP contribution is 2.42. The number of para-hydroxylation sites is 1. The molecule has 1 aliphatic rings. The van der Waals surface area contributed by atoms with Crippen molar-refractivity contribution in [1.82, 2.24) is 9.97 Å². The van der Waals surface area contributed by atoms with Gasteiger partial charge in [-0.3, -0.25) is 0 Å². The Morgan fingerprint density at radius 3 is 1.72 bits per heavy atom. The molecule has 9 aromatic carbocycles. The van der Waals surface area contributed by atoms with E-state index in [2.05, 4.69) is 218 Å². The Bertz CT molecular complexity index is 3430. The monoisotopic (exact) mass is 763 g/mol. The lowest BCUT2D eigenvalue weighted by atomic mass is 9.92. The van der Waals surface area contributed by atoms with Crippen LogP contribution in [0.1, 0.15) is 17.2 Å². The number of hydrogen-bond donors (Lipinski definition) is 1. The molecule has 0 spiro atoms. The van der Waals surface area contributed by atoms with E-state index in [1.807, 2.05) is 0 Å². The highest BCUT2D eigenvalue weighted by Gasteiger charge is 2.21. The minimum Gasteiger partial charge on any atom is -0.372 e. The molecule has 3 nitrogen and oxygen atoms in total. The Hall–Kier alpha value is -7.88. The van der Waals surface area contributed by atoms with E-state index in [1.54, 1.807) is 0 Å². The molecule has 3 heteroatoms. The van der Waals surface area contributed by atoms with E-state index in [1.165, 1.54) is 54.6 Å². The molecule has 280 valence electrons. The van der Waals surface area contributed by atoms with Crippen molar-refractivity contribution in [3.63, 3.8) is 0 Å². The third-order valence-electron chi connectivity index (χ3n) is 12.2. The number of nitrogens with zero attached hydrogens (tertiary/aromatic N) is 2. The minimum absolute atomic E-state index is 0.00886. The number of aromatic nitrogens is 2. The number of anilines is 1. The fraction of sp³-hybridized carbons (Fsp3) is 0.0175. The maximum atomic E-state index is 5.33. The molecule has 1 atom stereocenters. The van der Waals surface area contributed by atoms with Gasteiger partial charge in [-0.05, 0) is 103 Å². The van der Waals surface area contributed by atoms with Gasteiger partial charge in [-0.25, -0.2) is 9.97 Å². The van der Waals surface area contributed by atoms with Gasteiger partial charge in [-0.1, -0.05) is 170 Å². The van der Waals surface area contributed by atoms with Crippen molar-refractivity contribution in [2.45, 2.75) is 6.04 Å². The molecule has 3 heterocycles. The molecule has 60 heavy (non-hydrogen) atoms. The second-order valence-electron chi connectivity index (χ2n) is 15.8. The predicted molar refractivity (Wildman–Crippen MR) is 253 cm³/mol. The van der Waals surface area contributed by atoms with Crippen molar-refractivity contribution >= 4 is 65.9 Å². The van der Waals surface area contributed by atoms with E-state index in [4.69, 9.17) is 9.97 Å². The summed E-state index contributed by atoms with van der Waals surface area (Å²) in [7, 11) is 0. The number of nitrogens with one attached hydrogen (secondary N) is 1. The molecule has 0 bridgehead atoms. The van der Waals surface area contributed by atoms with Gasteiger partial charge in [0, 0.05) is 27.5 Å². The topological polar surface area (TPSA) is 37.8 Å². The Labute approximate surface area is 348 Å². The third kappa shape index (κ3) is 5.90. The molecule has 1 N–H and O–H groups in total. The Morgan fingerprint density at radius 1 is 0.383 bits per heavy atom. The van der Waals surface area contributed by atoms with E-state index in [9.17, 15) is 0 Å². The molecular formula is C57H37N3. The normalized spacial score (nSPS) is 13.6. The molecule has 1 unspecified atom stereocenters. The molecule has 0 amide bonds. The van der Waals surface area contributed by atoms with Crippen LogP contribution in [-0.4, -0.2) is 9.97 Å². The second-order valence-corrected chi connectivity index (χ2v) is 15.8. The first kappa shape index (κ1) is 34.2. The summed E-state index contributed by atoms with van der Waals surface area (Å²) >= 11 is 0. The lowest BCUT2D eigenvalue weighted by molar-refractivity contribution is 0.984. The zero-order valence-corrected chi connectivity index (χ0v) is 32.7. The van der Waals surface area contributed by atoms with Gasteiger partial charge in [0.25, 0.3) is 0 Å². The fourth-order valence-electron chi connectivity index (χ4n) is 9.10. The summed E-state index contributed by atoms with van der Waals surface area (Å²) in [5.74, 6) is 0. The van der Waals surface area contributed by atoms with E-state index in [0.29, 0.717) is 0 Å². The van der Waals surface area contributed by atoms with Gasteiger partial charge in [-0.2, -0.15) is 0 Å². The fourth-order valence-corrected chi connectivity index (χ4v) is 9.10. The first-order chi connectivity index (χ1) is 29.7. The summed E-state index contributed by atoms with van der Waals surface area (Å²) in [4.78, 5) is 10.6. The minimum atomic E-state index is -0.00886. The third-order valence-corrected chi connectivity index (χ3v) is 12.2. The standard InChI is InChI=1S/C57H37N3/c1-2-12-38(13-3-1)55-49-16-8-9-17-52(49)60-57-50(55)28-26-39-27-29-51(59-56(39)57)45-24-21-43-33-47(25-22-42(43)32-45)54-35-48(44-20-18-36-10-4-6-14-40(36)30-44)34-53(58-54)46-23-19-37-11-5-7-15-41(37)31-46/h1-35,51,59H. The van der Waals surface area contributed by atoms with Crippen LogP contribution >= 0.6 is 0 Å². The van der Waals surface area contributed by atoms with Gasteiger partial charge in [0.15, 0.2) is 0 Å². The quantitative estimate of drug-likeness (QED) is 0.177. The van der Waals surface area contributed by atoms with Gasteiger partial charge in [0.2, 0.25) is 0 Å². The van der Waals surface area contributed by atoms with E-state index >= 15 is 0 Å². The average molecular weight is 764 g/mol. The van der Waals surface area contributed by atoms with Crippen molar-refractivity contribution in [2.24, 2.45) is 0 Å². The lowest BCUT2D eigenvalue weighted by Gasteiger charge is -2.25. The molecule has 0 aliphatic carbocycles. The largest absolute Gasteiger partial charge is 0.372 e. The Balaban J connectivity index is 0.923. The molecule has 0 saturated carbocycles. The number of pyridine rings is 2. The van der Waals surface area contributed by atoms with Crippen LogP contribution in [0.2, 0.25) is 0 Å². The summed E-state index contributed by atoms with van der Waals surface area (Å²) in [6.45, 7) is 0. The van der Waals surface area contributed by atoms with Crippen LogP contribution in [0.15, 0.2) is 206 Å². The molecule has 0 fully saturated rings. The SMILES string of the molecule is C1=CC(c2ccc3cc(-c4cc(-c5ccc6ccccc6c5)cc(-c5ccc6ccccc6c5)n4)ccc3c2)Nc2c1ccc1c(-c3ccccc3)c3ccccc3nc21. The number of benzene rings is 9. The summed E-state index contributed by atoms with van der Waals surface area (Å²) in [5, 5.41) is 13.5. The van der Waals surface area contributed by atoms with Gasteiger partial charge >= 0.3 is 0 Å². The predicted octanol–water partition coefficient (Wildman–Crippen LogP) is 15.1. The van der Waals surface area contributed by atoms with E-state index < -0.39 is 0 Å². The van der Waals surface area contributed by atoms with Crippen molar-refractivity contribution in [1.29, 1.82) is 0 Å². The lowest BCUT2D eigenvalue weighted by Crippen LogP contribution is -2.13. The molecule has 0 radical (unpaired) electrons. The number of hydrogen-bond acceptors (Lipinski definition) is 3. The molecule has 2 aromatic heterocycles. The van der Waals surface area contributed by atoms with Crippen LogP contribution in [0.5, 0.6) is 0 Å². The first-order valence-electron chi connectivity index (χ1n) is 20.6. The van der Waals surface area contributed by atoms with Crippen LogP contribution in [0.4, 0.5) is 5.69 Å². The van der Waals surface area contributed by atoms with Gasteiger partial charge < -0.3 is 5.32 Å². The van der Waals surface area contributed by atoms with Crippen molar-refractivity contribution < 1.29 is 0 Å². The molecule has 0 saturated heterocycles. The Morgan fingerprint density at radius 2 is 0.967 bits per heavy atom. The van der Waals surface area contributed by atoms with Crippen LogP contribution in [0.25, 0.3) is 105 Å². The van der Waals surface area contributed by atoms with E-state index in [-0.39, 0.29) is 6.04 Å². The average Bonchev–Trinajstić information content (AvgIpc) is 3.32. The number of rotatable bonds is 5. The van der Waals surface area contributed by atoms with Crippen LogP contribution in [0.3, 0.4) is 0 Å².